The lowest BCUT2D eigenvalue weighted by molar-refractivity contribution is -0.150. The predicted molar refractivity (Wildman–Crippen MR) is 89.2 cm³/mol. The molecule has 9 heteroatoms. The van der Waals surface area contributed by atoms with Gasteiger partial charge in [-0.25, -0.2) is 4.79 Å². The number of nitrogens with zero attached hydrogens (tertiary/aromatic N) is 3. The van der Waals surface area contributed by atoms with Gasteiger partial charge in [0.25, 0.3) is 0 Å². The highest BCUT2D eigenvalue weighted by atomic mass is 35.5. The third-order valence-electron chi connectivity index (χ3n) is 3.06. The zero-order valence-electron chi connectivity index (χ0n) is 13.9. The minimum atomic E-state index is -0.596. The van der Waals surface area contributed by atoms with Crippen molar-refractivity contribution in [2.45, 2.75) is 13.3 Å². The molecule has 2 rings (SSSR count). The van der Waals surface area contributed by atoms with E-state index in [1.54, 1.807) is 36.9 Å². The molecule has 0 aliphatic rings. The number of carbonyl (C=O) groups excluding carboxylic acids is 2. The molecule has 25 heavy (non-hydrogen) atoms. The molecule has 0 spiro atoms. The van der Waals surface area contributed by atoms with Crippen molar-refractivity contribution in [1.29, 1.82) is 0 Å². The largest absolute Gasteiger partial charge is 0.466 e. The van der Waals surface area contributed by atoms with Crippen LogP contribution in [0.3, 0.4) is 0 Å². The van der Waals surface area contributed by atoms with Crippen molar-refractivity contribution in [2.75, 3.05) is 19.8 Å². The lowest BCUT2D eigenvalue weighted by atomic mass is 10.3. The maximum absolute atomic E-state index is 11.6. The highest BCUT2D eigenvalue weighted by Gasteiger charge is 2.12. The molecule has 2 aromatic rings. The Morgan fingerprint density at radius 1 is 1.24 bits per heavy atom. The summed E-state index contributed by atoms with van der Waals surface area (Å²) < 4.78 is 16.5. The van der Waals surface area contributed by atoms with Crippen LogP contribution in [-0.4, -0.2) is 46.5 Å². The second-order valence-corrected chi connectivity index (χ2v) is 5.35. The Bertz CT molecular complexity index is 730. The third kappa shape index (κ3) is 5.75. The average Bonchev–Trinajstić information content (AvgIpc) is 2.95. The van der Waals surface area contributed by atoms with Crippen LogP contribution in [0.5, 0.6) is 5.88 Å². The molecule has 0 radical (unpaired) electrons. The summed E-state index contributed by atoms with van der Waals surface area (Å²) in [6.07, 6.45) is 1.54. The molecule has 0 bridgehead atoms. The monoisotopic (exact) mass is 367 g/mol. The van der Waals surface area contributed by atoms with Gasteiger partial charge in [0.05, 0.1) is 29.4 Å². The summed E-state index contributed by atoms with van der Waals surface area (Å²) in [5.41, 5.74) is 1.38. The van der Waals surface area contributed by atoms with Crippen LogP contribution in [0.4, 0.5) is 0 Å². The maximum Gasteiger partial charge on any atom is 0.344 e. The molecule has 0 aromatic carbocycles. The van der Waals surface area contributed by atoms with Gasteiger partial charge in [-0.2, -0.15) is 0 Å². The number of pyridine rings is 1. The smallest absolute Gasteiger partial charge is 0.344 e. The first-order chi connectivity index (χ1) is 12.0. The number of esters is 2. The van der Waals surface area contributed by atoms with Crippen molar-refractivity contribution in [1.82, 2.24) is 14.8 Å². The second kappa shape index (κ2) is 9.03. The molecular weight excluding hydrogens is 350 g/mol. The van der Waals surface area contributed by atoms with Gasteiger partial charge in [-0.05, 0) is 19.1 Å². The van der Waals surface area contributed by atoms with Crippen LogP contribution >= 0.6 is 11.6 Å². The fourth-order valence-corrected chi connectivity index (χ4v) is 2.05. The van der Waals surface area contributed by atoms with Crippen LogP contribution in [0.1, 0.15) is 13.3 Å². The van der Waals surface area contributed by atoms with E-state index >= 15 is 0 Å². The van der Waals surface area contributed by atoms with Gasteiger partial charge in [0.15, 0.2) is 6.61 Å². The van der Waals surface area contributed by atoms with E-state index in [9.17, 15) is 9.59 Å². The van der Waals surface area contributed by atoms with Crippen molar-refractivity contribution in [3.05, 3.63) is 29.4 Å². The number of aryl methyl sites for hydroxylation is 1. The zero-order valence-corrected chi connectivity index (χ0v) is 14.7. The first-order valence-electron chi connectivity index (χ1n) is 7.59. The number of ether oxygens (including phenoxy) is 3. The summed E-state index contributed by atoms with van der Waals surface area (Å²) in [5.74, 6) is -0.751. The first kappa shape index (κ1) is 18.7. The van der Waals surface area contributed by atoms with E-state index in [2.05, 4.69) is 10.1 Å². The minimum Gasteiger partial charge on any atom is -0.466 e. The topological polar surface area (TPSA) is 92.5 Å². The van der Waals surface area contributed by atoms with Crippen LogP contribution in [0.2, 0.25) is 5.02 Å². The number of carbonyl (C=O) groups is 2. The first-order valence-corrected chi connectivity index (χ1v) is 7.97. The molecular formula is C16H18ClN3O5. The third-order valence-corrected chi connectivity index (χ3v) is 3.28. The zero-order chi connectivity index (χ0) is 18.2. The van der Waals surface area contributed by atoms with E-state index in [4.69, 9.17) is 25.8 Å². The highest BCUT2D eigenvalue weighted by Crippen LogP contribution is 2.22. The molecule has 2 aromatic heterocycles. The fourth-order valence-electron chi connectivity index (χ4n) is 1.93. The summed E-state index contributed by atoms with van der Waals surface area (Å²) in [7, 11) is 1.73. The van der Waals surface area contributed by atoms with Crippen LogP contribution in [-0.2, 0) is 26.1 Å². The Balaban J connectivity index is 1.83. The molecule has 0 aliphatic carbocycles. The number of hydrogen-bond donors (Lipinski definition) is 0. The summed E-state index contributed by atoms with van der Waals surface area (Å²) in [6.45, 7) is 1.63. The van der Waals surface area contributed by atoms with Crippen molar-refractivity contribution >= 4 is 23.5 Å². The van der Waals surface area contributed by atoms with Crippen LogP contribution in [0.15, 0.2) is 24.4 Å². The van der Waals surface area contributed by atoms with Crippen LogP contribution in [0.25, 0.3) is 11.4 Å². The van der Waals surface area contributed by atoms with Crippen molar-refractivity contribution < 1.29 is 23.8 Å². The molecule has 8 nitrogen and oxygen atoms in total. The lowest BCUT2D eigenvalue weighted by Crippen LogP contribution is -2.17. The van der Waals surface area contributed by atoms with E-state index < -0.39 is 11.9 Å². The van der Waals surface area contributed by atoms with Crippen molar-refractivity contribution in [3.63, 3.8) is 0 Å². The average molecular weight is 368 g/mol. The van der Waals surface area contributed by atoms with E-state index in [0.29, 0.717) is 23.0 Å². The molecule has 0 atom stereocenters. The molecule has 2 heterocycles. The van der Waals surface area contributed by atoms with E-state index in [0.717, 1.165) is 0 Å². The second-order valence-electron chi connectivity index (χ2n) is 4.92. The Morgan fingerprint density at radius 3 is 2.72 bits per heavy atom. The summed E-state index contributed by atoms with van der Waals surface area (Å²) in [6, 6.07) is 5.13. The van der Waals surface area contributed by atoms with Gasteiger partial charge in [-0.3, -0.25) is 14.5 Å². The normalized spacial score (nSPS) is 10.4. The SMILES string of the molecule is CCOC(=O)CCOC(=O)COc1cc(-c2ccc(Cl)cn2)n(C)n1. The van der Waals surface area contributed by atoms with Gasteiger partial charge < -0.3 is 14.2 Å². The number of hydrogen-bond acceptors (Lipinski definition) is 7. The fraction of sp³-hybridized carbons (Fsp3) is 0.375. The molecule has 0 unspecified atom stereocenters. The Labute approximate surface area is 149 Å². The van der Waals surface area contributed by atoms with E-state index in [1.807, 2.05) is 0 Å². The van der Waals surface area contributed by atoms with Gasteiger partial charge in [0, 0.05) is 19.3 Å². The summed E-state index contributed by atoms with van der Waals surface area (Å²) in [5, 5.41) is 4.69. The van der Waals surface area contributed by atoms with Gasteiger partial charge >= 0.3 is 11.9 Å². The van der Waals surface area contributed by atoms with Crippen molar-refractivity contribution in [2.24, 2.45) is 7.05 Å². The standard InChI is InChI=1S/C16H18ClN3O5/c1-3-23-15(21)6-7-24-16(22)10-25-14-8-13(20(2)19-14)12-5-4-11(17)9-18-12/h4-5,8-9H,3,6-7,10H2,1-2H3. The van der Waals surface area contributed by atoms with Crippen molar-refractivity contribution in [3.8, 4) is 17.3 Å². The van der Waals surface area contributed by atoms with E-state index in [1.165, 1.54) is 6.20 Å². The lowest BCUT2D eigenvalue weighted by Gasteiger charge is -2.05. The number of halogens is 1. The number of rotatable bonds is 8. The van der Waals surface area contributed by atoms with Crippen LogP contribution < -0.4 is 4.74 Å². The Morgan fingerprint density at radius 2 is 2.04 bits per heavy atom. The summed E-state index contributed by atoms with van der Waals surface area (Å²) in [4.78, 5) is 26.9. The summed E-state index contributed by atoms with van der Waals surface area (Å²) >= 11 is 5.82. The quantitative estimate of drug-likeness (QED) is 0.659. The van der Waals surface area contributed by atoms with Gasteiger partial charge in [0.1, 0.15) is 6.61 Å². The Hall–Kier alpha value is -2.61. The van der Waals surface area contributed by atoms with Crippen LogP contribution in [0, 0.1) is 0 Å². The minimum absolute atomic E-state index is 0.00948. The predicted octanol–water partition coefficient (Wildman–Crippen LogP) is 2.01. The highest BCUT2D eigenvalue weighted by molar-refractivity contribution is 6.30. The number of aromatic nitrogens is 3. The van der Waals surface area contributed by atoms with Gasteiger partial charge in [-0.15, -0.1) is 5.10 Å². The van der Waals surface area contributed by atoms with E-state index in [-0.39, 0.29) is 25.5 Å². The molecule has 134 valence electrons. The van der Waals surface area contributed by atoms with Gasteiger partial charge in [-0.1, -0.05) is 11.6 Å². The molecule has 0 amide bonds. The molecule has 0 fully saturated rings. The molecule has 0 saturated heterocycles. The molecule has 0 saturated carbocycles. The Kier molecular flexibility index (Phi) is 6.76. The molecule has 0 N–H and O–H groups in total. The maximum atomic E-state index is 11.6. The molecule has 0 aliphatic heterocycles. The van der Waals surface area contributed by atoms with Gasteiger partial charge in [0.2, 0.25) is 5.88 Å².